The second-order valence-electron chi connectivity index (χ2n) is 4.42. The second-order valence-corrected chi connectivity index (χ2v) is 4.42. The number of halogens is 3. The molecule has 0 aromatic heterocycles. The van der Waals surface area contributed by atoms with Crippen LogP contribution in [0.4, 0.5) is 24.5 Å². The number of nitrogens with zero attached hydrogens (tertiary/aromatic N) is 5. The summed E-state index contributed by atoms with van der Waals surface area (Å²) in [5, 5.41) is 13.3. The molecule has 1 fully saturated rings. The summed E-state index contributed by atoms with van der Waals surface area (Å²) in [4.78, 5) is 50.1. The summed E-state index contributed by atoms with van der Waals surface area (Å²) >= 11 is 0. The van der Waals surface area contributed by atoms with E-state index in [4.69, 9.17) is 5.53 Å². The van der Waals surface area contributed by atoms with Crippen LogP contribution in [0.15, 0.2) is 5.11 Å². The van der Waals surface area contributed by atoms with E-state index in [0.717, 1.165) is 0 Å². The summed E-state index contributed by atoms with van der Waals surface area (Å²) in [5.74, 6) is -10.6. The molecule has 0 unspecified atom stereocenters. The summed E-state index contributed by atoms with van der Waals surface area (Å²) in [6.07, 6.45) is -0.676. The third-order valence-corrected chi connectivity index (χ3v) is 2.98. The average Bonchev–Trinajstić information content (AvgIpc) is 2.86. The monoisotopic (exact) mass is 359 g/mol. The molecule has 1 aliphatic rings. The highest BCUT2D eigenvalue weighted by molar-refractivity contribution is 6.03. The maximum atomic E-state index is 14.0. The van der Waals surface area contributed by atoms with Crippen molar-refractivity contribution in [3.8, 4) is 0 Å². The van der Waals surface area contributed by atoms with Gasteiger partial charge in [-0.05, 0) is 5.53 Å². The number of amides is 2. The van der Waals surface area contributed by atoms with Crippen molar-refractivity contribution in [2.45, 2.75) is 12.8 Å². The van der Waals surface area contributed by atoms with Gasteiger partial charge in [0.15, 0.2) is 17.2 Å². The molecule has 0 atom stereocenters. The molecule has 1 saturated heterocycles. The van der Waals surface area contributed by atoms with Gasteiger partial charge in [-0.2, -0.15) is 4.39 Å². The number of rotatable bonds is 4. The Morgan fingerprint density at radius 1 is 1.20 bits per heavy atom. The molecule has 130 valence electrons. The van der Waals surface area contributed by atoms with Crippen LogP contribution in [0.3, 0.4) is 0 Å². The molecule has 1 aromatic carbocycles. The second kappa shape index (κ2) is 6.45. The van der Waals surface area contributed by atoms with E-state index in [-0.39, 0.29) is 17.9 Å². The zero-order valence-corrected chi connectivity index (χ0v) is 11.7. The number of imide groups is 1. The molecule has 1 aromatic rings. The molecule has 25 heavy (non-hydrogen) atoms. The number of hydroxylamine groups is 2. The minimum absolute atomic E-state index is 0.0946. The normalized spacial score (nSPS) is 13.6. The van der Waals surface area contributed by atoms with Gasteiger partial charge in [0.2, 0.25) is 5.82 Å². The molecule has 0 spiro atoms. The van der Waals surface area contributed by atoms with Crippen molar-refractivity contribution in [3.05, 3.63) is 43.6 Å². The minimum Gasteiger partial charge on any atom is -0.324 e. The lowest BCUT2D eigenvalue weighted by atomic mass is 10.1. The predicted octanol–water partition coefficient (Wildman–Crippen LogP) is 2.17. The molecule has 0 radical (unpaired) electrons. The van der Waals surface area contributed by atoms with E-state index in [0.29, 0.717) is 0 Å². The summed E-state index contributed by atoms with van der Waals surface area (Å²) < 4.78 is 41.7. The first kappa shape index (κ1) is 17.7. The lowest BCUT2D eigenvalue weighted by Crippen LogP contribution is -2.32. The fourth-order valence-electron chi connectivity index (χ4n) is 1.91. The van der Waals surface area contributed by atoms with Gasteiger partial charge in [0.1, 0.15) is 5.69 Å². The molecule has 0 N–H and O–H groups in total. The van der Waals surface area contributed by atoms with Crippen molar-refractivity contribution < 1.29 is 37.3 Å². The van der Waals surface area contributed by atoms with Crippen molar-refractivity contribution in [1.29, 1.82) is 0 Å². The van der Waals surface area contributed by atoms with Gasteiger partial charge >= 0.3 is 11.7 Å². The Bertz CT molecular complexity index is 866. The van der Waals surface area contributed by atoms with Crippen LogP contribution < -0.4 is 0 Å². The predicted molar refractivity (Wildman–Crippen MR) is 68.3 cm³/mol. The van der Waals surface area contributed by atoms with Gasteiger partial charge in [-0.3, -0.25) is 19.7 Å². The van der Waals surface area contributed by atoms with E-state index in [9.17, 15) is 37.7 Å². The zero-order chi connectivity index (χ0) is 18.9. The van der Waals surface area contributed by atoms with Gasteiger partial charge in [-0.15, -0.1) is 5.06 Å². The fourth-order valence-corrected chi connectivity index (χ4v) is 1.91. The van der Waals surface area contributed by atoms with E-state index < -0.39 is 57.1 Å². The Kier molecular flexibility index (Phi) is 4.56. The van der Waals surface area contributed by atoms with Crippen molar-refractivity contribution >= 4 is 29.2 Å². The average molecular weight is 359 g/mol. The summed E-state index contributed by atoms with van der Waals surface area (Å²) in [5.41, 5.74) is 2.81. The quantitative estimate of drug-likeness (QED) is 0.152. The number of carbonyl (C=O) groups is 3. The Labute approximate surface area is 134 Å². The van der Waals surface area contributed by atoms with Gasteiger partial charge in [-0.1, -0.05) is 5.11 Å². The van der Waals surface area contributed by atoms with E-state index in [1.54, 1.807) is 0 Å². The molecule has 0 saturated carbocycles. The van der Waals surface area contributed by atoms with Gasteiger partial charge in [0.25, 0.3) is 11.8 Å². The zero-order valence-electron chi connectivity index (χ0n) is 11.7. The summed E-state index contributed by atoms with van der Waals surface area (Å²) in [6, 6.07) is 0. The molecule has 2 amide bonds. The molecule has 0 aliphatic carbocycles. The third kappa shape index (κ3) is 2.92. The first-order valence-corrected chi connectivity index (χ1v) is 6.18. The van der Waals surface area contributed by atoms with Crippen LogP contribution in [-0.4, -0.2) is 27.8 Å². The van der Waals surface area contributed by atoms with E-state index in [2.05, 4.69) is 9.95 Å². The largest absolute Gasteiger partial charge is 0.374 e. The van der Waals surface area contributed by atoms with Crippen molar-refractivity contribution in [2.24, 2.45) is 5.11 Å². The van der Waals surface area contributed by atoms with Gasteiger partial charge in [0.05, 0.1) is 4.92 Å². The van der Waals surface area contributed by atoms with E-state index >= 15 is 0 Å². The number of hydrogen-bond donors (Lipinski definition) is 0. The smallest absolute Gasteiger partial charge is 0.324 e. The number of azide groups is 1. The number of hydrogen-bond acceptors (Lipinski definition) is 7. The lowest BCUT2D eigenvalue weighted by Gasteiger charge is -2.13. The van der Waals surface area contributed by atoms with Gasteiger partial charge < -0.3 is 4.84 Å². The topological polar surface area (TPSA) is 156 Å². The van der Waals surface area contributed by atoms with E-state index in [1.807, 2.05) is 4.91 Å². The van der Waals surface area contributed by atoms with Gasteiger partial charge in [0, 0.05) is 17.8 Å². The van der Waals surface area contributed by atoms with Crippen LogP contribution in [-0.2, 0) is 14.4 Å². The molecular formula is C11H4F3N5O6. The highest BCUT2D eigenvalue weighted by Crippen LogP contribution is 2.36. The van der Waals surface area contributed by atoms with Crippen molar-refractivity contribution in [2.75, 3.05) is 0 Å². The van der Waals surface area contributed by atoms with Gasteiger partial charge in [-0.25, -0.2) is 13.6 Å². The molecule has 11 nitrogen and oxygen atoms in total. The van der Waals surface area contributed by atoms with Crippen LogP contribution >= 0.6 is 0 Å². The molecular weight excluding hydrogens is 355 g/mol. The van der Waals surface area contributed by atoms with Crippen molar-refractivity contribution in [1.82, 2.24) is 5.06 Å². The summed E-state index contributed by atoms with van der Waals surface area (Å²) in [6.45, 7) is 0. The SMILES string of the molecule is [N-]=[N+]=Nc1c(F)c(F)c(C(=O)ON2C(=O)CCC2=O)c([N+](=O)[O-])c1F. The van der Waals surface area contributed by atoms with Crippen LogP contribution in [0.5, 0.6) is 0 Å². The standard InChI is InChI=1S/C11H4F3N5O6/c12-6-5(11(22)25-18-3(20)1-2-4(18)21)10(19(23)24)8(14)9(7(6)13)16-17-15/h1-2H2. The Balaban J connectivity index is 2.62. The lowest BCUT2D eigenvalue weighted by molar-refractivity contribution is -0.388. The first-order valence-electron chi connectivity index (χ1n) is 6.18. The highest BCUT2D eigenvalue weighted by Gasteiger charge is 2.40. The number of nitro benzene ring substituents is 1. The first-order chi connectivity index (χ1) is 11.7. The number of benzene rings is 1. The number of carbonyl (C=O) groups excluding carboxylic acids is 3. The Morgan fingerprint density at radius 3 is 2.24 bits per heavy atom. The third-order valence-electron chi connectivity index (χ3n) is 2.98. The molecule has 1 heterocycles. The summed E-state index contributed by atoms with van der Waals surface area (Å²) in [7, 11) is 0. The van der Waals surface area contributed by atoms with Crippen molar-refractivity contribution in [3.63, 3.8) is 0 Å². The molecule has 14 heteroatoms. The molecule has 1 aliphatic heterocycles. The molecule has 2 rings (SSSR count). The van der Waals surface area contributed by atoms with Crippen LogP contribution in [0, 0.1) is 27.6 Å². The minimum atomic E-state index is -2.25. The maximum absolute atomic E-state index is 14.0. The number of nitro groups is 1. The highest BCUT2D eigenvalue weighted by atomic mass is 19.2. The maximum Gasteiger partial charge on any atom is 0.374 e. The van der Waals surface area contributed by atoms with Crippen LogP contribution in [0.1, 0.15) is 23.2 Å². The van der Waals surface area contributed by atoms with Crippen LogP contribution in [0.25, 0.3) is 10.4 Å². The van der Waals surface area contributed by atoms with E-state index in [1.165, 1.54) is 0 Å². The Hall–Kier alpha value is -3.67. The molecule has 0 bridgehead atoms. The van der Waals surface area contributed by atoms with Crippen LogP contribution in [0.2, 0.25) is 0 Å². The Morgan fingerprint density at radius 2 is 1.76 bits per heavy atom. The fraction of sp³-hybridized carbons (Fsp3) is 0.182.